The minimum absolute atomic E-state index is 0.0227. The van der Waals surface area contributed by atoms with Crippen molar-refractivity contribution in [3.63, 3.8) is 0 Å². The third-order valence-corrected chi connectivity index (χ3v) is 4.43. The fourth-order valence-electron chi connectivity index (χ4n) is 2.10. The molecular weight excluding hydrogens is 365 g/mol. The summed E-state index contributed by atoms with van der Waals surface area (Å²) < 4.78 is 39.4. The molecule has 1 heterocycles. The van der Waals surface area contributed by atoms with Crippen LogP contribution in [0.25, 0.3) is 0 Å². The molecule has 0 saturated heterocycles. The van der Waals surface area contributed by atoms with Gasteiger partial charge in [0, 0.05) is 13.2 Å². The molecule has 2 N–H and O–H groups in total. The fraction of sp³-hybridized carbons (Fsp3) is 0.267. The lowest BCUT2D eigenvalue weighted by molar-refractivity contribution is -0.121. The van der Waals surface area contributed by atoms with Gasteiger partial charge in [-0.3, -0.25) is 18.6 Å². The van der Waals surface area contributed by atoms with Crippen molar-refractivity contribution >= 4 is 33.2 Å². The molecule has 0 atom stereocenters. The van der Waals surface area contributed by atoms with Crippen molar-refractivity contribution in [2.75, 3.05) is 29.5 Å². The molecule has 9 nitrogen and oxygen atoms in total. The Hall–Kier alpha value is -2.95. The number of nitrogens with zero attached hydrogens (tertiary/aromatic N) is 3. The van der Waals surface area contributed by atoms with Crippen LogP contribution in [0.15, 0.2) is 36.7 Å². The number of rotatable bonds is 7. The largest absolute Gasteiger partial charge is 0.358 e. The molecule has 140 valence electrons. The average molecular weight is 383 g/mol. The van der Waals surface area contributed by atoms with Gasteiger partial charge in [-0.15, -0.1) is 0 Å². The van der Waals surface area contributed by atoms with Gasteiger partial charge in [0.05, 0.1) is 23.8 Å². The molecular formula is C15H18FN5O4S. The molecule has 0 aliphatic heterocycles. The van der Waals surface area contributed by atoms with E-state index in [4.69, 9.17) is 0 Å². The van der Waals surface area contributed by atoms with Crippen LogP contribution in [0.2, 0.25) is 0 Å². The van der Waals surface area contributed by atoms with Crippen molar-refractivity contribution in [1.29, 1.82) is 0 Å². The molecule has 0 saturated carbocycles. The minimum atomic E-state index is -3.80. The molecule has 0 radical (unpaired) electrons. The van der Waals surface area contributed by atoms with Crippen LogP contribution in [0.4, 0.5) is 15.8 Å². The minimum Gasteiger partial charge on any atom is -0.358 e. The molecule has 11 heteroatoms. The Morgan fingerprint density at radius 2 is 2.04 bits per heavy atom. The number of hydrogen-bond donors (Lipinski definition) is 2. The first-order valence-electron chi connectivity index (χ1n) is 7.45. The maximum atomic E-state index is 13.4. The number of carbonyl (C=O) groups is 2. The number of halogens is 1. The smallest absolute Gasteiger partial charge is 0.245 e. The predicted molar refractivity (Wildman–Crippen MR) is 93.5 cm³/mol. The van der Waals surface area contributed by atoms with Gasteiger partial charge < -0.3 is 10.6 Å². The second-order valence-corrected chi connectivity index (χ2v) is 7.30. The van der Waals surface area contributed by atoms with Crippen LogP contribution >= 0.6 is 0 Å². The first-order chi connectivity index (χ1) is 12.2. The van der Waals surface area contributed by atoms with Gasteiger partial charge in [0.15, 0.2) is 0 Å². The van der Waals surface area contributed by atoms with Gasteiger partial charge in [-0.25, -0.2) is 12.8 Å². The topological polar surface area (TPSA) is 113 Å². The summed E-state index contributed by atoms with van der Waals surface area (Å²) in [6.45, 7) is -0.561. The highest BCUT2D eigenvalue weighted by Crippen LogP contribution is 2.18. The standard InChI is InChI=1S/C15H18FN5O4S/c1-17-14(22)9-20-8-12(7-18-20)19-15(23)10-21(26(2,24)25)13-5-3-4-11(16)6-13/h3-8H,9-10H2,1-2H3,(H,17,22)(H,19,23). The van der Waals surface area contributed by atoms with Gasteiger partial charge in [0.25, 0.3) is 0 Å². The summed E-state index contributed by atoms with van der Waals surface area (Å²) in [5.74, 6) is -1.52. The van der Waals surface area contributed by atoms with Crippen molar-refractivity contribution < 1.29 is 22.4 Å². The molecule has 2 amide bonds. The lowest BCUT2D eigenvalue weighted by Gasteiger charge is -2.21. The molecule has 2 rings (SSSR count). The quantitative estimate of drug-likeness (QED) is 0.708. The van der Waals surface area contributed by atoms with E-state index in [0.717, 1.165) is 16.6 Å². The van der Waals surface area contributed by atoms with E-state index in [1.54, 1.807) is 0 Å². The number of sulfonamides is 1. The Kier molecular flexibility index (Phi) is 5.93. The van der Waals surface area contributed by atoms with Gasteiger partial charge in [-0.1, -0.05) is 6.07 Å². The Morgan fingerprint density at radius 1 is 1.31 bits per heavy atom. The lowest BCUT2D eigenvalue weighted by atomic mass is 10.3. The third kappa shape index (κ3) is 5.28. The second-order valence-electron chi connectivity index (χ2n) is 5.40. The summed E-state index contributed by atoms with van der Waals surface area (Å²) in [5, 5.41) is 8.84. The van der Waals surface area contributed by atoms with Crippen LogP contribution in [0.1, 0.15) is 0 Å². The highest BCUT2D eigenvalue weighted by molar-refractivity contribution is 7.92. The number of carbonyl (C=O) groups excluding carboxylic acids is 2. The molecule has 0 unspecified atom stereocenters. The summed E-state index contributed by atoms with van der Waals surface area (Å²) in [6.07, 6.45) is 3.68. The van der Waals surface area contributed by atoms with Crippen molar-refractivity contribution in [3.8, 4) is 0 Å². The maximum absolute atomic E-state index is 13.4. The van der Waals surface area contributed by atoms with Gasteiger partial charge >= 0.3 is 0 Å². The summed E-state index contributed by atoms with van der Waals surface area (Å²) in [6, 6.07) is 4.93. The van der Waals surface area contributed by atoms with Gasteiger partial charge in [-0.05, 0) is 18.2 Å². The van der Waals surface area contributed by atoms with E-state index in [2.05, 4.69) is 15.7 Å². The SMILES string of the molecule is CNC(=O)Cn1cc(NC(=O)CN(c2cccc(F)c2)S(C)(=O)=O)cn1. The molecule has 1 aromatic carbocycles. The molecule has 0 aliphatic carbocycles. The Morgan fingerprint density at radius 3 is 2.65 bits per heavy atom. The summed E-state index contributed by atoms with van der Waals surface area (Å²) in [5.41, 5.74) is 0.338. The van der Waals surface area contributed by atoms with Crippen LogP contribution in [-0.2, 0) is 26.2 Å². The zero-order valence-electron chi connectivity index (χ0n) is 14.1. The Bertz CT molecular complexity index is 912. The number of aromatic nitrogens is 2. The number of nitrogens with one attached hydrogen (secondary N) is 2. The van der Waals surface area contributed by atoms with Crippen molar-refractivity contribution in [2.45, 2.75) is 6.54 Å². The number of anilines is 2. The molecule has 0 aliphatic rings. The molecule has 0 spiro atoms. The first-order valence-corrected chi connectivity index (χ1v) is 9.30. The zero-order valence-corrected chi connectivity index (χ0v) is 15.0. The first kappa shape index (κ1) is 19.4. The van der Waals surface area contributed by atoms with E-state index in [9.17, 15) is 22.4 Å². The lowest BCUT2D eigenvalue weighted by Crippen LogP contribution is -2.37. The van der Waals surface area contributed by atoms with E-state index in [0.29, 0.717) is 5.69 Å². The fourth-order valence-corrected chi connectivity index (χ4v) is 2.95. The molecule has 1 aromatic heterocycles. The summed E-state index contributed by atoms with van der Waals surface area (Å²) in [7, 11) is -2.32. The monoisotopic (exact) mass is 383 g/mol. The summed E-state index contributed by atoms with van der Waals surface area (Å²) in [4.78, 5) is 23.5. The van der Waals surface area contributed by atoms with Crippen LogP contribution in [0.3, 0.4) is 0 Å². The van der Waals surface area contributed by atoms with E-state index < -0.39 is 28.3 Å². The van der Waals surface area contributed by atoms with E-state index in [1.807, 2.05) is 0 Å². The number of benzene rings is 1. The number of amides is 2. The average Bonchev–Trinajstić information content (AvgIpc) is 2.98. The van der Waals surface area contributed by atoms with E-state index >= 15 is 0 Å². The van der Waals surface area contributed by atoms with Crippen molar-refractivity contribution in [1.82, 2.24) is 15.1 Å². The highest BCUT2D eigenvalue weighted by atomic mass is 32.2. The number of likely N-dealkylation sites (N-methyl/N-ethyl adjacent to an activating group) is 1. The zero-order chi connectivity index (χ0) is 19.3. The summed E-state index contributed by atoms with van der Waals surface area (Å²) >= 11 is 0. The number of hydrogen-bond acceptors (Lipinski definition) is 5. The third-order valence-electron chi connectivity index (χ3n) is 3.29. The van der Waals surface area contributed by atoms with E-state index in [-0.39, 0.29) is 18.1 Å². The highest BCUT2D eigenvalue weighted by Gasteiger charge is 2.21. The molecule has 0 bridgehead atoms. The van der Waals surface area contributed by atoms with Crippen molar-refractivity contribution in [2.24, 2.45) is 0 Å². The molecule has 0 fully saturated rings. The van der Waals surface area contributed by atoms with Crippen LogP contribution in [-0.4, -0.2) is 49.9 Å². The van der Waals surface area contributed by atoms with Crippen LogP contribution in [0, 0.1) is 5.82 Å². The Labute approximate surface area is 149 Å². The maximum Gasteiger partial charge on any atom is 0.245 e. The van der Waals surface area contributed by atoms with Gasteiger partial charge in [0.2, 0.25) is 21.8 Å². The molecule has 2 aromatic rings. The van der Waals surface area contributed by atoms with Crippen LogP contribution < -0.4 is 14.9 Å². The predicted octanol–water partition coefficient (Wildman–Crippen LogP) is 0.173. The normalized spacial score (nSPS) is 11.0. The van der Waals surface area contributed by atoms with Gasteiger partial charge in [0.1, 0.15) is 18.9 Å². The molecule has 26 heavy (non-hydrogen) atoms. The van der Waals surface area contributed by atoms with Crippen molar-refractivity contribution in [3.05, 3.63) is 42.5 Å². The van der Waals surface area contributed by atoms with Crippen LogP contribution in [0.5, 0.6) is 0 Å². The van der Waals surface area contributed by atoms with E-state index in [1.165, 1.54) is 42.3 Å². The van der Waals surface area contributed by atoms with Gasteiger partial charge in [-0.2, -0.15) is 5.10 Å². The second kappa shape index (κ2) is 7.95. The Balaban J connectivity index is 2.10.